The molecular formula is C25H34N2O4S. The van der Waals surface area contributed by atoms with Crippen LogP contribution in [0, 0.1) is 0 Å². The molecule has 0 radical (unpaired) electrons. The first-order valence-corrected chi connectivity index (χ1v) is 12.5. The number of rotatable bonds is 7. The summed E-state index contributed by atoms with van der Waals surface area (Å²) < 4.78 is 33.1. The molecule has 0 aliphatic carbocycles. The van der Waals surface area contributed by atoms with Crippen LogP contribution in [-0.2, 0) is 20.2 Å². The molecule has 1 aliphatic rings. The van der Waals surface area contributed by atoms with Gasteiger partial charge in [-0.3, -0.25) is 4.79 Å². The second-order valence-electron chi connectivity index (χ2n) is 9.43. The van der Waals surface area contributed by atoms with Crippen molar-refractivity contribution in [3.05, 3.63) is 65.7 Å². The third-order valence-electron chi connectivity index (χ3n) is 5.89. The summed E-state index contributed by atoms with van der Waals surface area (Å²) >= 11 is 0. The summed E-state index contributed by atoms with van der Waals surface area (Å²) in [5.41, 5.74) is 1.58. The van der Waals surface area contributed by atoms with Crippen LogP contribution in [0.5, 0.6) is 0 Å². The zero-order valence-electron chi connectivity index (χ0n) is 19.5. The zero-order valence-corrected chi connectivity index (χ0v) is 20.4. The van der Waals surface area contributed by atoms with E-state index in [1.54, 1.807) is 12.1 Å². The lowest BCUT2D eigenvalue weighted by molar-refractivity contribution is -0.0440. The minimum absolute atomic E-state index is 0.0440. The van der Waals surface area contributed by atoms with E-state index in [1.165, 1.54) is 22.0 Å². The van der Waals surface area contributed by atoms with Crippen LogP contribution in [0.1, 0.15) is 57.0 Å². The van der Waals surface area contributed by atoms with Gasteiger partial charge in [-0.05, 0) is 62.4 Å². The second kappa shape index (κ2) is 9.73. The van der Waals surface area contributed by atoms with Crippen LogP contribution in [0.3, 0.4) is 0 Å². The van der Waals surface area contributed by atoms with Crippen LogP contribution in [0.2, 0.25) is 0 Å². The number of ether oxygens (including phenoxy) is 1. The first kappa shape index (κ1) is 24.4. The van der Waals surface area contributed by atoms with Gasteiger partial charge >= 0.3 is 0 Å². The largest absolute Gasteiger partial charge is 0.373 e. The molecule has 0 spiro atoms. The molecule has 7 heteroatoms. The Morgan fingerprint density at radius 2 is 1.62 bits per heavy atom. The number of nitrogens with zero attached hydrogens (tertiary/aromatic N) is 1. The molecule has 3 atom stereocenters. The van der Waals surface area contributed by atoms with Gasteiger partial charge in [-0.25, -0.2) is 8.42 Å². The molecule has 1 fully saturated rings. The maximum absolute atomic E-state index is 13.0. The average Bonchev–Trinajstić information content (AvgIpc) is 2.73. The molecule has 174 valence electrons. The van der Waals surface area contributed by atoms with E-state index >= 15 is 0 Å². The quantitative estimate of drug-likeness (QED) is 0.681. The molecule has 1 saturated heterocycles. The lowest BCUT2D eigenvalue weighted by atomic mass is 9.79. The summed E-state index contributed by atoms with van der Waals surface area (Å²) in [5, 5.41) is 3.04. The molecule has 6 nitrogen and oxygen atoms in total. The monoisotopic (exact) mass is 458 g/mol. The Morgan fingerprint density at radius 1 is 1.06 bits per heavy atom. The van der Waals surface area contributed by atoms with Crippen molar-refractivity contribution in [2.24, 2.45) is 0 Å². The smallest absolute Gasteiger partial charge is 0.251 e. The van der Waals surface area contributed by atoms with Gasteiger partial charge in [-0.1, -0.05) is 44.2 Å². The molecule has 1 heterocycles. The lowest BCUT2D eigenvalue weighted by Crippen LogP contribution is -2.48. The number of amides is 1. The highest BCUT2D eigenvalue weighted by molar-refractivity contribution is 7.89. The highest BCUT2D eigenvalue weighted by atomic mass is 32.2. The Kier molecular flexibility index (Phi) is 7.43. The Bertz CT molecular complexity index is 1010. The number of carbonyl (C=O) groups is 1. The van der Waals surface area contributed by atoms with E-state index in [9.17, 15) is 13.2 Å². The molecule has 1 aliphatic heterocycles. The summed E-state index contributed by atoms with van der Waals surface area (Å²) in [6.45, 7) is 10.7. The van der Waals surface area contributed by atoms with E-state index in [0.29, 0.717) is 18.7 Å². The summed E-state index contributed by atoms with van der Waals surface area (Å²) in [7, 11) is -3.63. The fraction of sp³-hybridized carbons (Fsp3) is 0.480. The second-order valence-corrected chi connectivity index (χ2v) is 11.4. The predicted octanol–water partition coefficient (Wildman–Crippen LogP) is 3.97. The maximum Gasteiger partial charge on any atom is 0.251 e. The maximum atomic E-state index is 13.0. The van der Waals surface area contributed by atoms with E-state index in [0.717, 1.165) is 6.42 Å². The number of nitrogens with one attached hydrogen (secondary N) is 1. The van der Waals surface area contributed by atoms with Gasteiger partial charge in [-0.2, -0.15) is 4.31 Å². The van der Waals surface area contributed by atoms with Crippen molar-refractivity contribution in [1.82, 2.24) is 9.62 Å². The van der Waals surface area contributed by atoms with Gasteiger partial charge in [0.2, 0.25) is 10.0 Å². The van der Waals surface area contributed by atoms with Crippen molar-refractivity contribution < 1.29 is 17.9 Å². The topological polar surface area (TPSA) is 75.7 Å². The molecular weight excluding hydrogens is 424 g/mol. The minimum Gasteiger partial charge on any atom is -0.373 e. The summed E-state index contributed by atoms with van der Waals surface area (Å²) in [5.74, 6) is -0.209. The Morgan fingerprint density at radius 3 is 2.19 bits per heavy atom. The fourth-order valence-corrected chi connectivity index (χ4v) is 5.98. The van der Waals surface area contributed by atoms with Crippen LogP contribution in [0.25, 0.3) is 0 Å². The minimum atomic E-state index is -3.63. The van der Waals surface area contributed by atoms with Gasteiger partial charge < -0.3 is 10.1 Å². The molecule has 3 unspecified atom stereocenters. The molecule has 2 aromatic rings. The van der Waals surface area contributed by atoms with E-state index in [-0.39, 0.29) is 34.5 Å². The van der Waals surface area contributed by atoms with Crippen LogP contribution in [0.15, 0.2) is 59.5 Å². The molecule has 32 heavy (non-hydrogen) atoms. The van der Waals surface area contributed by atoms with E-state index < -0.39 is 10.0 Å². The Labute approximate surface area is 192 Å². The molecule has 0 saturated carbocycles. The zero-order chi connectivity index (χ0) is 23.5. The molecule has 1 N–H and O–H groups in total. The van der Waals surface area contributed by atoms with Gasteiger partial charge in [0.05, 0.1) is 17.1 Å². The lowest BCUT2D eigenvalue weighted by Gasteiger charge is -2.34. The summed E-state index contributed by atoms with van der Waals surface area (Å²) in [6, 6.07) is 16.4. The van der Waals surface area contributed by atoms with Crippen molar-refractivity contribution in [1.29, 1.82) is 0 Å². The number of hydrogen-bond donors (Lipinski definition) is 1. The van der Waals surface area contributed by atoms with Crippen molar-refractivity contribution in [2.45, 2.75) is 69.6 Å². The number of hydrogen-bond acceptors (Lipinski definition) is 4. The van der Waals surface area contributed by atoms with E-state index in [4.69, 9.17) is 4.74 Å². The Balaban J connectivity index is 1.65. The normalized spacial score (nSPS) is 21.2. The van der Waals surface area contributed by atoms with Crippen LogP contribution < -0.4 is 5.32 Å². The number of morpholine rings is 1. The standard InChI is InChI=1S/C25H34N2O4S/c1-18(15-25(4,5)22-9-7-6-8-10-22)26-24(28)21-11-13-23(14-12-21)32(29,30)27-16-19(2)31-20(3)17-27/h6-14,18-20H,15-17H2,1-5H3,(H,26,28). The first-order chi connectivity index (χ1) is 15.0. The van der Waals surface area contributed by atoms with Gasteiger partial charge in [0.25, 0.3) is 5.91 Å². The van der Waals surface area contributed by atoms with Crippen molar-refractivity contribution in [3.63, 3.8) is 0 Å². The number of sulfonamides is 1. The molecule has 2 aromatic carbocycles. The van der Waals surface area contributed by atoms with Gasteiger partial charge in [-0.15, -0.1) is 0 Å². The van der Waals surface area contributed by atoms with Crippen LogP contribution in [-0.4, -0.2) is 50.0 Å². The fourth-order valence-electron chi connectivity index (χ4n) is 4.39. The van der Waals surface area contributed by atoms with Gasteiger partial charge in [0.1, 0.15) is 0 Å². The predicted molar refractivity (Wildman–Crippen MR) is 126 cm³/mol. The first-order valence-electron chi connectivity index (χ1n) is 11.1. The number of benzene rings is 2. The average molecular weight is 459 g/mol. The molecule has 0 bridgehead atoms. The molecule has 0 aromatic heterocycles. The third kappa shape index (κ3) is 5.77. The molecule has 3 rings (SSSR count). The highest BCUT2D eigenvalue weighted by Gasteiger charge is 2.32. The van der Waals surface area contributed by atoms with E-state index in [2.05, 4.69) is 31.3 Å². The Hall–Kier alpha value is -2.22. The number of carbonyl (C=O) groups excluding carboxylic acids is 1. The molecule has 1 amide bonds. The third-order valence-corrected chi connectivity index (χ3v) is 7.74. The highest BCUT2D eigenvalue weighted by Crippen LogP contribution is 2.28. The van der Waals surface area contributed by atoms with Gasteiger partial charge in [0, 0.05) is 24.7 Å². The van der Waals surface area contributed by atoms with Crippen molar-refractivity contribution >= 4 is 15.9 Å². The van der Waals surface area contributed by atoms with Gasteiger partial charge in [0.15, 0.2) is 0 Å². The summed E-state index contributed by atoms with van der Waals surface area (Å²) in [4.78, 5) is 12.9. The van der Waals surface area contributed by atoms with Crippen LogP contribution >= 0.6 is 0 Å². The van der Waals surface area contributed by atoms with Crippen molar-refractivity contribution in [2.75, 3.05) is 13.1 Å². The SMILES string of the molecule is CC(CC(C)(C)c1ccccc1)NC(=O)c1ccc(S(=O)(=O)N2CC(C)OC(C)C2)cc1. The van der Waals surface area contributed by atoms with Crippen LogP contribution in [0.4, 0.5) is 0 Å². The van der Waals surface area contributed by atoms with Crippen molar-refractivity contribution in [3.8, 4) is 0 Å². The summed E-state index contributed by atoms with van der Waals surface area (Å²) in [6.07, 6.45) is 0.475. The van der Waals surface area contributed by atoms with E-state index in [1.807, 2.05) is 39.0 Å².